The van der Waals surface area contributed by atoms with Crippen molar-refractivity contribution in [2.75, 3.05) is 13.1 Å². The fourth-order valence-electron chi connectivity index (χ4n) is 5.17. The van der Waals surface area contributed by atoms with E-state index in [1.807, 2.05) is 6.08 Å². The molecule has 242 valence electrons. The van der Waals surface area contributed by atoms with Crippen LogP contribution in [0.25, 0.3) is 16.7 Å². The van der Waals surface area contributed by atoms with Gasteiger partial charge >= 0.3 is 18.5 Å². The third kappa shape index (κ3) is 7.67. The molecule has 0 saturated heterocycles. The number of rotatable bonds is 8. The third-order valence-electron chi connectivity index (χ3n) is 7.41. The second-order valence-corrected chi connectivity index (χ2v) is 10.5. The summed E-state index contributed by atoms with van der Waals surface area (Å²) in [5.41, 5.74) is -0.101. The van der Waals surface area contributed by atoms with Crippen molar-refractivity contribution in [1.82, 2.24) is 5.32 Å². The molecule has 3 nitrogen and oxygen atoms in total. The van der Waals surface area contributed by atoms with Gasteiger partial charge in [0.15, 0.2) is 0 Å². The van der Waals surface area contributed by atoms with Gasteiger partial charge < -0.3 is 14.8 Å². The van der Waals surface area contributed by atoms with Gasteiger partial charge in [-0.15, -0.1) is 0 Å². The second kappa shape index (κ2) is 13.1. The molecule has 0 amide bonds. The van der Waals surface area contributed by atoms with Crippen LogP contribution >= 0.6 is 0 Å². The quantitative estimate of drug-likeness (QED) is 0.193. The first kappa shape index (κ1) is 32.9. The summed E-state index contributed by atoms with van der Waals surface area (Å²) in [5, 5.41) is 3.17. The highest BCUT2D eigenvalue weighted by molar-refractivity contribution is 5.76. The number of ether oxygens (including phenoxy) is 2. The molecule has 0 spiro atoms. The largest absolute Gasteiger partial charge is 0.488 e. The van der Waals surface area contributed by atoms with Crippen LogP contribution in [0, 0.1) is 0 Å². The fraction of sp³-hybridized carbons (Fsp3) is 0.235. The van der Waals surface area contributed by atoms with E-state index in [0.717, 1.165) is 35.9 Å². The lowest BCUT2D eigenvalue weighted by Gasteiger charge is -2.23. The predicted octanol–water partition coefficient (Wildman–Crippen LogP) is 9.94. The molecular weight excluding hydrogens is 625 g/mol. The fourth-order valence-corrected chi connectivity index (χ4v) is 5.17. The Morgan fingerprint density at radius 1 is 0.587 bits per heavy atom. The summed E-state index contributed by atoms with van der Waals surface area (Å²) >= 11 is 0. The van der Waals surface area contributed by atoms with E-state index in [1.54, 1.807) is 12.1 Å². The molecule has 0 fully saturated rings. The van der Waals surface area contributed by atoms with Crippen LogP contribution in [-0.2, 0) is 31.7 Å². The molecule has 1 aliphatic heterocycles. The maximum Gasteiger partial charge on any atom is 0.419 e. The molecule has 0 atom stereocenters. The first-order valence-corrected chi connectivity index (χ1v) is 14.0. The Bertz CT molecular complexity index is 1710. The van der Waals surface area contributed by atoms with E-state index < -0.39 is 46.7 Å². The highest BCUT2D eigenvalue weighted by atomic mass is 19.4. The lowest BCUT2D eigenvalue weighted by atomic mass is 9.89. The van der Waals surface area contributed by atoms with E-state index in [-0.39, 0.29) is 13.2 Å². The van der Waals surface area contributed by atoms with Crippen LogP contribution in [0.15, 0.2) is 91.0 Å². The Labute approximate surface area is 258 Å². The molecule has 0 unspecified atom stereocenters. The van der Waals surface area contributed by atoms with Gasteiger partial charge in [-0.2, -0.15) is 39.5 Å². The van der Waals surface area contributed by atoms with Gasteiger partial charge in [0.1, 0.15) is 24.7 Å². The number of alkyl halides is 9. The Hall–Kier alpha value is -4.45. The molecule has 46 heavy (non-hydrogen) atoms. The third-order valence-corrected chi connectivity index (χ3v) is 7.41. The van der Waals surface area contributed by atoms with Crippen LogP contribution < -0.4 is 14.8 Å². The highest BCUT2D eigenvalue weighted by Crippen LogP contribution is 2.40. The zero-order chi connectivity index (χ0) is 33.1. The predicted molar refractivity (Wildman–Crippen MR) is 154 cm³/mol. The van der Waals surface area contributed by atoms with Gasteiger partial charge in [-0.3, -0.25) is 0 Å². The lowest BCUT2D eigenvalue weighted by molar-refractivity contribution is -0.139. The van der Waals surface area contributed by atoms with Crippen molar-refractivity contribution in [2.24, 2.45) is 0 Å². The number of nitrogens with one attached hydrogen (secondary N) is 1. The Morgan fingerprint density at radius 2 is 1.09 bits per heavy atom. The summed E-state index contributed by atoms with van der Waals surface area (Å²) in [6, 6.07) is 16.7. The normalized spacial score (nSPS) is 14.2. The highest BCUT2D eigenvalue weighted by Gasteiger charge is 2.35. The SMILES string of the molecule is FC(F)(F)c1ccc(-c2cc(COc3ccccc3C(F)(F)F)c(C3=CCNCC3)cc2COc2ccccc2C(F)(F)F)cc1. The molecular formula is C34H26F9NO2. The molecule has 12 heteroatoms. The molecule has 1 heterocycles. The van der Waals surface area contributed by atoms with Gasteiger partial charge in [-0.25, -0.2) is 0 Å². The maximum atomic E-state index is 13.7. The average molecular weight is 652 g/mol. The minimum Gasteiger partial charge on any atom is -0.488 e. The molecule has 0 aromatic heterocycles. The number of hydrogen-bond acceptors (Lipinski definition) is 3. The zero-order valence-corrected chi connectivity index (χ0v) is 23.9. The first-order chi connectivity index (χ1) is 21.7. The summed E-state index contributed by atoms with van der Waals surface area (Å²) in [7, 11) is 0. The number of para-hydroxylation sites is 2. The monoisotopic (exact) mass is 651 g/mol. The molecule has 0 radical (unpaired) electrons. The van der Waals surface area contributed by atoms with E-state index >= 15 is 0 Å². The van der Waals surface area contributed by atoms with E-state index in [0.29, 0.717) is 47.3 Å². The van der Waals surface area contributed by atoms with Crippen LogP contribution in [-0.4, -0.2) is 13.1 Å². The second-order valence-electron chi connectivity index (χ2n) is 10.5. The van der Waals surface area contributed by atoms with Crippen molar-refractivity contribution in [1.29, 1.82) is 0 Å². The summed E-state index contributed by atoms with van der Waals surface area (Å²) in [4.78, 5) is 0. The molecule has 0 aliphatic carbocycles. The van der Waals surface area contributed by atoms with Gasteiger partial charge in [-0.1, -0.05) is 42.5 Å². The van der Waals surface area contributed by atoms with Gasteiger partial charge in [-0.05, 0) is 94.9 Å². The van der Waals surface area contributed by atoms with Crippen LogP contribution in [0.3, 0.4) is 0 Å². The van der Waals surface area contributed by atoms with Gasteiger partial charge in [0.25, 0.3) is 0 Å². The Balaban J connectivity index is 1.61. The molecule has 4 aromatic rings. The summed E-state index contributed by atoms with van der Waals surface area (Å²) in [5.74, 6) is -0.848. The van der Waals surface area contributed by atoms with Gasteiger partial charge in [0.2, 0.25) is 0 Å². The number of halogens is 9. The molecule has 1 N–H and O–H groups in total. The van der Waals surface area contributed by atoms with Crippen molar-refractivity contribution >= 4 is 5.57 Å². The number of benzene rings is 4. The molecule has 4 aromatic carbocycles. The van der Waals surface area contributed by atoms with Crippen LogP contribution in [0.4, 0.5) is 39.5 Å². The first-order valence-electron chi connectivity index (χ1n) is 14.0. The topological polar surface area (TPSA) is 30.5 Å². The zero-order valence-electron chi connectivity index (χ0n) is 23.9. The average Bonchev–Trinajstić information content (AvgIpc) is 3.02. The Morgan fingerprint density at radius 3 is 1.57 bits per heavy atom. The van der Waals surface area contributed by atoms with Crippen molar-refractivity contribution in [3.63, 3.8) is 0 Å². The number of hydrogen-bond donors (Lipinski definition) is 1. The van der Waals surface area contributed by atoms with Crippen molar-refractivity contribution < 1.29 is 49.0 Å². The lowest BCUT2D eigenvalue weighted by Crippen LogP contribution is -2.20. The van der Waals surface area contributed by atoms with Crippen molar-refractivity contribution in [3.05, 3.63) is 124 Å². The molecule has 5 rings (SSSR count). The van der Waals surface area contributed by atoms with E-state index in [9.17, 15) is 39.5 Å². The minimum atomic E-state index is -4.70. The standard InChI is InChI=1S/C34H26F9NO2/c35-32(36,37)25-11-9-21(10-12-25)26-17-24(20-46-31-8-4-2-6-29(31)34(41,42)43)27(22-13-15-44-16-14-22)18-23(26)19-45-30-7-3-1-5-28(30)33(38,39)40/h1-13,17-18,44H,14-16,19-20H2. The summed E-state index contributed by atoms with van der Waals surface area (Å²) in [6.45, 7) is 0.366. The van der Waals surface area contributed by atoms with Crippen LogP contribution in [0.2, 0.25) is 0 Å². The van der Waals surface area contributed by atoms with Gasteiger partial charge in [0.05, 0.1) is 16.7 Å². The van der Waals surface area contributed by atoms with Gasteiger partial charge in [0, 0.05) is 6.54 Å². The van der Waals surface area contributed by atoms with Crippen LogP contribution in [0.5, 0.6) is 11.5 Å². The smallest absolute Gasteiger partial charge is 0.419 e. The summed E-state index contributed by atoms with van der Waals surface area (Å²) < 4.78 is 133. The van der Waals surface area contributed by atoms with E-state index in [1.165, 1.54) is 42.5 Å². The molecule has 1 aliphatic rings. The summed E-state index contributed by atoms with van der Waals surface area (Å²) in [6.07, 6.45) is -11.6. The Kier molecular flexibility index (Phi) is 9.39. The maximum absolute atomic E-state index is 13.7. The van der Waals surface area contributed by atoms with Crippen molar-refractivity contribution in [3.8, 4) is 22.6 Å². The van der Waals surface area contributed by atoms with Crippen LogP contribution in [0.1, 0.15) is 39.8 Å². The van der Waals surface area contributed by atoms with E-state index in [2.05, 4.69) is 5.32 Å². The molecule has 0 bridgehead atoms. The molecule has 0 saturated carbocycles. The van der Waals surface area contributed by atoms with E-state index in [4.69, 9.17) is 9.47 Å². The minimum absolute atomic E-state index is 0.290. The van der Waals surface area contributed by atoms with Crippen molar-refractivity contribution in [2.45, 2.75) is 38.2 Å².